The SMILES string of the molecule is CCOc1ccc(NC(=O)c2ccn(COc3ccc(F)cc3F)n2)cc1. The number of benzene rings is 2. The minimum atomic E-state index is -0.810. The first-order valence-corrected chi connectivity index (χ1v) is 8.20. The van der Waals surface area contributed by atoms with Gasteiger partial charge < -0.3 is 14.8 Å². The number of anilines is 1. The lowest BCUT2D eigenvalue weighted by atomic mass is 10.3. The molecule has 6 nitrogen and oxygen atoms in total. The maximum atomic E-state index is 13.5. The Balaban J connectivity index is 1.58. The van der Waals surface area contributed by atoms with Gasteiger partial charge in [-0.2, -0.15) is 5.10 Å². The maximum Gasteiger partial charge on any atom is 0.276 e. The van der Waals surface area contributed by atoms with Gasteiger partial charge in [0.05, 0.1) is 6.61 Å². The number of carbonyl (C=O) groups is 1. The molecule has 0 aliphatic rings. The zero-order valence-corrected chi connectivity index (χ0v) is 14.5. The van der Waals surface area contributed by atoms with Gasteiger partial charge in [-0.1, -0.05) is 0 Å². The topological polar surface area (TPSA) is 65.4 Å². The van der Waals surface area contributed by atoms with Crippen LogP contribution in [-0.4, -0.2) is 22.3 Å². The second-order valence-electron chi connectivity index (χ2n) is 5.50. The molecule has 0 aliphatic heterocycles. The first-order chi connectivity index (χ1) is 13.0. The molecule has 140 valence electrons. The molecule has 1 aromatic heterocycles. The van der Waals surface area contributed by atoms with E-state index < -0.39 is 17.5 Å². The van der Waals surface area contributed by atoms with Crippen molar-refractivity contribution in [1.82, 2.24) is 9.78 Å². The molecule has 1 heterocycles. The van der Waals surface area contributed by atoms with E-state index in [0.717, 1.165) is 12.1 Å². The highest BCUT2D eigenvalue weighted by Gasteiger charge is 2.11. The van der Waals surface area contributed by atoms with Crippen LogP contribution in [-0.2, 0) is 6.73 Å². The van der Waals surface area contributed by atoms with E-state index in [-0.39, 0.29) is 18.2 Å². The molecule has 0 saturated carbocycles. The molecule has 2 aromatic carbocycles. The second-order valence-corrected chi connectivity index (χ2v) is 5.50. The molecule has 3 rings (SSSR count). The predicted molar refractivity (Wildman–Crippen MR) is 94.8 cm³/mol. The summed E-state index contributed by atoms with van der Waals surface area (Å²) in [6.07, 6.45) is 1.52. The molecule has 8 heteroatoms. The average molecular weight is 373 g/mol. The first kappa shape index (κ1) is 18.4. The van der Waals surface area contributed by atoms with Crippen LogP contribution in [0.5, 0.6) is 11.5 Å². The van der Waals surface area contributed by atoms with Gasteiger partial charge in [-0.15, -0.1) is 0 Å². The lowest BCUT2D eigenvalue weighted by molar-refractivity contribution is 0.102. The van der Waals surface area contributed by atoms with E-state index in [0.29, 0.717) is 18.0 Å². The standard InChI is InChI=1S/C19H17F2N3O3/c1-2-26-15-6-4-14(5-7-15)22-19(25)17-9-10-24(23-17)12-27-18-8-3-13(20)11-16(18)21/h3-11H,2,12H2,1H3,(H,22,25). The predicted octanol–water partition coefficient (Wildman–Crippen LogP) is 3.85. The molecular weight excluding hydrogens is 356 g/mol. The van der Waals surface area contributed by atoms with Crippen LogP contribution >= 0.6 is 0 Å². The Labute approximate surface area is 154 Å². The smallest absolute Gasteiger partial charge is 0.276 e. The number of hydrogen-bond acceptors (Lipinski definition) is 4. The highest BCUT2D eigenvalue weighted by molar-refractivity contribution is 6.02. The Morgan fingerprint density at radius 3 is 2.59 bits per heavy atom. The second kappa shape index (κ2) is 8.31. The van der Waals surface area contributed by atoms with Crippen LogP contribution in [0.25, 0.3) is 0 Å². The number of ether oxygens (including phenoxy) is 2. The maximum absolute atomic E-state index is 13.5. The van der Waals surface area contributed by atoms with Gasteiger partial charge in [0.15, 0.2) is 24.0 Å². The van der Waals surface area contributed by atoms with Gasteiger partial charge in [0, 0.05) is 18.0 Å². The zero-order chi connectivity index (χ0) is 19.2. The van der Waals surface area contributed by atoms with E-state index in [4.69, 9.17) is 9.47 Å². The normalized spacial score (nSPS) is 10.5. The van der Waals surface area contributed by atoms with Crippen LogP contribution in [0.3, 0.4) is 0 Å². The van der Waals surface area contributed by atoms with Crippen molar-refractivity contribution < 1.29 is 23.0 Å². The molecule has 0 unspecified atom stereocenters. The van der Waals surface area contributed by atoms with Crippen molar-refractivity contribution >= 4 is 11.6 Å². The summed E-state index contributed by atoms with van der Waals surface area (Å²) in [5.41, 5.74) is 0.773. The van der Waals surface area contributed by atoms with Crippen LogP contribution in [0.2, 0.25) is 0 Å². The molecular formula is C19H17F2N3O3. The summed E-state index contributed by atoms with van der Waals surface area (Å²) < 4.78 is 38.3. The van der Waals surface area contributed by atoms with Crippen molar-refractivity contribution in [3.63, 3.8) is 0 Å². The summed E-state index contributed by atoms with van der Waals surface area (Å²) in [5, 5.41) is 6.79. The summed E-state index contributed by atoms with van der Waals surface area (Å²) in [6.45, 7) is 2.33. The van der Waals surface area contributed by atoms with Crippen molar-refractivity contribution in [2.75, 3.05) is 11.9 Å². The van der Waals surface area contributed by atoms with Gasteiger partial charge in [0.2, 0.25) is 0 Å². The summed E-state index contributed by atoms with van der Waals surface area (Å²) in [6, 6.07) is 11.5. The van der Waals surface area contributed by atoms with E-state index >= 15 is 0 Å². The van der Waals surface area contributed by atoms with E-state index in [2.05, 4.69) is 10.4 Å². The highest BCUT2D eigenvalue weighted by atomic mass is 19.1. The Morgan fingerprint density at radius 1 is 1.11 bits per heavy atom. The van der Waals surface area contributed by atoms with E-state index in [1.165, 1.54) is 23.0 Å². The number of nitrogens with zero attached hydrogens (tertiary/aromatic N) is 2. The van der Waals surface area contributed by atoms with Crippen molar-refractivity contribution in [3.8, 4) is 11.5 Å². The van der Waals surface area contributed by atoms with Crippen LogP contribution in [0.15, 0.2) is 54.7 Å². The number of nitrogens with one attached hydrogen (secondary N) is 1. The van der Waals surface area contributed by atoms with Crippen LogP contribution < -0.4 is 14.8 Å². The Bertz CT molecular complexity index is 926. The Kier molecular flexibility index (Phi) is 5.65. The Hall–Kier alpha value is -3.42. The lowest BCUT2D eigenvalue weighted by Gasteiger charge is -2.07. The van der Waals surface area contributed by atoms with Crippen molar-refractivity contribution in [1.29, 1.82) is 0 Å². The first-order valence-electron chi connectivity index (χ1n) is 8.20. The largest absolute Gasteiger partial charge is 0.494 e. The molecule has 27 heavy (non-hydrogen) atoms. The van der Waals surface area contributed by atoms with Gasteiger partial charge in [0.25, 0.3) is 5.91 Å². The van der Waals surface area contributed by atoms with Gasteiger partial charge in [-0.25, -0.2) is 13.5 Å². The van der Waals surface area contributed by atoms with Crippen molar-refractivity contribution in [3.05, 3.63) is 72.1 Å². The van der Waals surface area contributed by atoms with Crippen LogP contribution in [0.1, 0.15) is 17.4 Å². The molecule has 0 bridgehead atoms. The van der Waals surface area contributed by atoms with E-state index in [1.54, 1.807) is 24.3 Å². The van der Waals surface area contributed by atoms with Crippen molar-refractivity contribution in [2.45, 2.75) is 13.7 Å². The number of hydrogen-bond donors (Lipinski definition) is 1. The minimum absolute atomic E-state index is 0.104. The lowest BCUT2D eigenvalue weighted by Crippen LogP contribution is -2.14. The fourth-order valence-corrected chi connectivity index (χ4v) is 2.28. The number of rotatable bonds is 7. The van der Waals surface area contributed by atoms with Gasteiger partial charge in [-0.05, 0) is 49.4 Å². The fraction of sp³-hybridized carbons (Fsp3) is 0.158. The average Bonchev–Trinajstić information content (AvgIpc) is 3.12. The monoisotopic (exact) mass is 373 g/mol. The van der Waals surface area contributed by atoms with Gasteiger partial charge in [0.1, 0.15) is 11.6 Å². The number of halogens is 2. The summed E-state index contributed by atoms with van der Waals surface area (Å²) in [7, 11) is 0. The number of aromatic nitrogens is 2. The molecule has 0 radical (unpaired) electrons. The molecule has 1 amide bonds. The molecule has 0 spiro atoms. The molecule has 0 fully saturated rings. The van der Waals surface area contributed by atoms with Gasteiger partial charge in [-0.3, -0.25) is 4.79 Å². The third-order valence-electron chi connectivity index (χ3n) is 3.54. The Morgan fingerprint density at radius 2 is 1.89 bits per heavy atom. The molecule has 0 aliphatic carbocycles. The molecule has 1 N–H and O–H groups in total. The molecule has 0 atom stereocenters. The number of carbonyl (C=O) groups excluding carboxylic acids is 1. The third-order valence-corrected chi connectivity index (χ3v) is 3.54. The quantitative estimate of drug-likeness (QED) is 0.683. The van der Waals surface area contributed by atoms with E-state index in [9.17, 15) is 13.6 Å². The summed E-state index contributed by atoms with van der Waals surface area (Å²) in [4.78, 5) is 12.2. The van der Waals surface area contributed by atoms with Crippen molar-refractivity contribution in [2.24, 2.45) is 0 Å². The molecule has 0 saturated heterocycles. The summed E-state index contributed by atoms with van der Waals surface area (Å²) >= 11 is 0. The van der Waals surface area contributed by atoms with E-state index in [1.807, 2.05) is 6.92 Å². The van der Waals surface area contributed by atoms with Gasteiger partial charge >= 0.3 is 0 Å². The number of amides is 1. The fourth-order valence-electron chi connectivity index (χ4n) is 2.28. The highest BCUT2D eigenvalue weighted by Crippen LogP contribution is 2.18. The molecule has 3 aromatic rings. The van der Waals surface area contributed by atoms with Crippen LogP contribution in [0, 0.1) is 11.6 Å². The zero-order valence-electron chi connectivity index (χ0n) is 14.5. The third kappa shape index (κ3) is 4.81. The minimum Gasteiger partial charge on any atom is -0.494 e. The van der Waals surface area contributed by atoms with Crippen LogP contribution in [0.4, 0.5) is 14.5 Å². The summed E-state index contributed by atoms with van der Waals surface area (Å²) in [5.74, 6) is -1.29.